The maximum absolute atomic E-state index is 11.8. The van der Waals surface area contributed by atoms with Crippen LogP contribution in [0.25, 0.3) is 11.1 Å². The fourth-order valence-corrected chi connectivity index (χ4v) is 2.28. The summed E-state index contributed by atoms with van der Waals surface area (Å²) in [7, 11) is 0. The average Bonchev–Trinajstić information content (AvgIpc) is 3.12. The summed E-state index contributed by atoms with van der Waals surface area (Å²) < 4.78 is 5.42. The summed E-state index contributed by atoms with van der Waals surface area (Å²) in [5.41, 5.74) is 7.67. The number of nitrogens with one attached hydrogen (secondary N) is 3. The van der Waals surface area contributed by atoms with Gasteiger partial charge in [0.2, 0.25) is 0 Å². The van der Waals surface area contributed by atoms with Crippen LogP contribution in [0.1, 0.15) is 16.2 Å². The Hall–Kier alpha value is -3.61. The number of aromatic nitrogens is 2. The van der Waals surface area contributed by atoms with Gasteiger partial charge in [0.15, 0.2) is 12.3 Å². The molecule has 0 bridgehead atoms. The number of carbonyl (C=O) groups excluding carboxylic acids is 2. The Labute approximate surface area is 150 Å². The zero-order valence-corrected chi connectivity index (χ0v) is 14.2. The van der Waals surface area contributed by atoms with Gasteiger partial charge in [-0.05, 0) is 36.2 Å². The number of carbonyl (C=O) groups is 2. The van der Waals surface area contributed by atoms with Gasteiger partial charge in [0.05, 0.1) is 0 Å². The molecule has 7 nitrogen and oxygen atoms in total. The van der Waals surface area contributed by atoms with E-state index in [0.29, 0.717) is 5.75 Å². The number of ether oxygens (including phenoxy) is 1. The first-order valence-electron chi connectivity index (χ1n) is 8.01. The predicted octanol–water partition coefficient (Wildman–Crippen LogP) is 2.23. The second-order valence-corrected chi connectivity index (χ2v) is 5.62. The summed E-state index contributed by atoms with van der Waals surface area (Å²) in [6.45, 7) is 1.56. The standard InChI is InChI=1S/C19H18N4O3/c1-13-11-17(21-20-13)19(25)23-22-18(24)12-26-16-9-7-15(8-10-16)14-5-3-2-4-6-14/h2-11H,12H2,1H3,(H,20,21)(H,22,24)(H,23,25). The molecule has 3 aromatic rings. The number of hydrogen-bond acceptors (Lipinski definition) is 4. The van der Waals surface area contributed by atoms with Gasteiger partial charge in [0.25, 0.3) is 11.8 Å². The van der Waals surface area contributed by atoms with Crippen LogP contribution in [0, 0.1) is 6.92 Å². The molecule has 2 aromatic carbocycles. The van der Waals surface area contributed by atoms with Gasteiger partial charge < -0.3 is 4.74 Å². The van der Waals surface area contributed by atoms with Gasteiger partial charge in [-0.3, -0.25) is 25.5 Å². The molecular formula is C19H18N4O3. The third-order valence-corrected chi connectivity index (χ3v) is 3.59. The van der Waals surface area contributed by atoms with Crippen LogP contribution in [-0.2, 0) is 4.79 Å². The highest BCUT2D eigenvalue weighted by Gasteiger charge is 2.10. The van der Waals surface area contributed by atoms with Crippen molar-refractivity contribution in [2.45, 2.75) is 6.92 Å². The second kappa shape index (κ2) is 7.98. The Kier molecular flexibility index (Phi) is 5.28. The molecule has 0 atom stereocenters. The topological polar surface area (TPSA) is 96.1 Å². The quantitative estimate of drug-likeness (QED) is 0.615. The fraction of sp³-hybridized carbons (Fsp3) is 0.105. The molecular weight excluding hydrogens is 332 g/mol. The summed E-state index contributed by atoms with van der Waals surface area (Å²) in [5, 5.41) is 6.45. The Morgan fingerprint density at radius 3 is 2.35 bits per heavy atom. The molecule has 1 heterocycles. The van der Waals surface area contributed by atoms with Gasteiger partial charge in [-0.15, -0.1) is 0 Å². The molecule has 0 aliphatic carbocycles. The van der Waals surface area contributed by atoms with Crippen LogP contribution < -0.4 is 15.6 Å². The molecule has 3 rings (SSSR count). The number of aromatic amines is 1. The number of benzene rings is 2. The van der Waals surface area contributed by atoms with E-state index in [1.807, 2.05) is 42.5 Å². The van der Waals surface area contributed by atoms with E-state index >= 15 is 0 Å². The fourth-order valence-electron chi connectivity index (χ4n) is 2.28. The van der Waals surface area contributed by atoms with Gasteiger partial charge in [-0.25, -0.2) is 0 Å². The molecule has 0 unspecified atom stereocenters. The van der Waals surface area contributed by atoms with Crippen LogP contribution in [-0.4, -0.2) is 28.6 Å². The normalized spacial score (nSPS) is 10.2. The minimum atomic E-state index is -0.505. The molecule has 0 radical (unpaired) electrons. The first-order chi connectivity index (χ1) is 12.6. The van der Waals surface area contributed by atoms with Crippen molar-refractivity contribution >= 4 is 11.8 Å². The van der Waals surface area contributed by atoms with Crippen molar-refractivity contribution in [3.05, 3.63) is 72.1 Å². The largest absolute Gasteiger partial charge is 0.484 e. The van der Waals surface area contributed by atoms with Crippen molar-refractivity contribution < 1.29 is 14.3 Å². The molecule has 0 spiro atoms. The summed E-state index contributed by atoms with van der Waals surface area (Å²) in [6.07, 6.45) is 0. The molecule has 0 saturated heterocycles. The molecule has 7 heteroatoms. The maximum Gasteiger partial charge on any atom is 0.290 e. The van der Waals surface area contributed by atoms with Crippen LogP contribution in [0.5, 0.6) is 5.75 Å². The van der Waals surface area contributed by atoms with Crippen molar-refractivity contribution in [2.75, 3.05) is 6.61 Å². The first-order valence-corrected chi connectivity index (χ1v) is 8.01. The van der Waals surface area contributed by atoms with Crippen LogP contribution in [0.2, 0.25) is 0 Å². The summed E-state index contributed by atoms with van der Waals surface area (Å²) in [4.78, 5) is 23.5. The van der Waals surface area contributed by atoms with Gasteiger partial charge in [-0.1, -0.05) is 42.5 Å². The number of amides is 2. The monoisotopic (exact) mass is 350 g/mol. The number of hydrogen-bond donors (Lipinski definition) is 3. The lowest BCUT2D eigenvalue weighted by Crippen LogP contribution is -2.44. The van der Waals surface area contributed by atoms with Gasteiger partial charge in [0.1, 0.15) is 5.75 Å². The molecule has 0 aliphatic rings. The van der Waals surface area contributed by atoms with E-state index in [2.05, 4.69) is 21.0 Å². The highest BCUT2D eigenvalue weighted by molar-refractivity contribution is 5.93. The van der Waals surface area contributed by atoms with E-state index in [9.17, 15) is 9.59 Å². The number of hydrazine groups is 1. The lowest BCUT2D eigenvalue weighted by molar-refractivity contribution is -0.123. The zero-order chi connectivity index (χ0) is 18.4. The van der Waals surface area contributed by atoms with E-state index < -0.39 is 11.8 Å². The minimum Gasteiger partial charge on any atom is -0.484 e. The van der Waals surface area contributed by atoms with E-state index in [1.165, 1.54) is 0 Å². The minimum absolute atomic E-state index is 0.195. The molecule has 26 heavy (non-hydrogen) atoms. The van der Waals surface area contributed by atoms with E-state index in [1.54, 1.807) is 25.1 Å². The van der Waals surface area contributed by atoms with Crippen molar-refractivity contribution in [1.29, 1.82) is 0 Å². The van der Waals surface area contributed by atoms with Crippen LogP contribution in [0.15, 0.2) is 60.7 Å². The predicted molar refractivity (Wildman–Crippen MR) is 96.3 cm³/mol. The highest BCUT2D eigenvalue weighted by Crippen LogP contribution is 2.21. The summed E-state index contributed by atoms with van der Waals surface area (Å²) >= 11 is 0. The van der Waals surface area contributed by atoms with Crippen LogP contribution >= 0.6 is 0 Å². The Morgan fingerprint density at radius 2 is 1.69 bits per heavy atom. The highest BCUT2D eigenvalue weighted by atomic mass is 16.5. The van der Waals surface area contributed by atoms with Crippen molar-refractivity contribution in [3.8, 4) is 16.9 Å². The van der Waals surface area contributed by atoms with E-state index in [0.717, 1.165) is 16.8 Å². The summed E-state index contributed by atoms with van der Waals surface area (Å²) in [6, 6.07) is 19.0. The number of H-pyrrole nitrogens is 1. The lowest BCUT2D eigenvalue weighted by Gasteiger charge is -2.08. The van der Waals surface area contributed by atoms with E-state index in [-0.39, 0.29) is 12.3 Å². The Bertz CT molecular complexity index is 889. The third-order valence-electron chi connectivity index (χ3n) is 3.59. The van der Waals surface area contributed by atoms with E-state index in [4.69, 9.17) is 4.74 Å². The molecule has 0 aliphatic heterocycles. The van der Waals surface area contributed by atoms with Crippen molar-refractivity contribution in [2.24, 2.45) is 0 Å². The van der Waals surface area contributed by atoms with Crippen molar-refractivity contribution in [1.82, 2.24) is 21.0 Å². The second-order valence-electron chi connectivity index (χ2n) is 5.62. The summed E-state index contributed by atoms with van der Waals surface area (Å²) in [5.74, 6) is -0.415. The molecule has 3 N–H and O–H groups in total. The molecule has 1 aromatic heterocycles. The smallest absolute Gasteiger partial charge is 0.290 e. The van der Waals surface area contributed by atoms with Gasteiger partial charge in [-0.2, -0.15) is 5.10 Å². The molecule has 0 fully saturated rings. The number of rotatable bonds is 5. The van der Waals surface area contributed by atoms with Crippen LogP contribution in [0.3, 0.4) is 0 Å². The SMILES string of the molecule is Cc1cc(C(=O)NNC(=O)COc2ccc(-c3ccccc3)cc2)n[nH]1. The maximum atomic E-state index is 11.8. The van der Waals surface area contributed by atoms with Gasteiger partial charge >= 0.3 is 0 Å². The molecule has 0 saturated carbocycles. The average molecular weight is 350 g/mol. The molecule has 132 valence electrons. The zero-order valence-electron chi connectivity index (χ0n) is 14.2. The van der Waals surface area contributed by atoms with Crippen LogP contribution in [0.4, 0.5) is 0 Å². The number of nitrogens with zero attached hydrogens (tertiary/aromatic N) is 1. The van der Waals surface area contributed by atoms with Gasteiger partial charge in [0, 0.05) is 5.69 Å². The Morgan fingerprint density at radius 1 is 1.00 bits per heavy atom. The Balaban J connectivity index is 1.46. The number of aryl methyl sites for hydroxylation is 1. The molecule has 2 amide bonds. The first kappa shape index (κ1) is 17.2. The van der Waals surface area contributed by atoms with Crippen molar-refractivity contribution in [3.63, 3.8) is 0 Å². The lowest BCUT2D eigenvalue weighted by atomic mass is 10.1. The third kappa shape index (κ3) is 4.47.